The van der Waals surface area contributed by atoms with Crippen molar-refractivity contribution in [2.24, 2.45) is 0 Å². The van der Waals surface area contributed by atoms with Gasteiger partial charge in [0.05, 0.1) is 6.61 Å². The summed E-state index contributed by atoms with van der Waals surface area (Å²) in [7, 11) is -5.02. The highest BCUT2D eigenvalue weighted by Crippen LogP contribution is 2.42. The molecule has 0 fully saturated rings. The largest absolute Gasteiger partial charge is 0.525 e. The Bertz CT molecular complexity index is 370. The highest BCUT2D eigenvalue weighted by Gasteiger charge is 2.42. The van der Waals surface area contributed by atoms with Crippen molar-refractivity contribution in [1.82, 2.24) is 0 Å². The summed E-state index contributed by atoms with van der Waals surface area (Å²) in [5, 5.41) is 26.9. The van der Waals surface area contributed by atoms with Gasteiger partial charge in [-0.3, -0.25) is 9.79 Å². The molecule has 0 aromatic heterocycles. The van der Waals surface area contributed by atoms with E-state index in [-0.39, 0.29) is 7.43 Å². The third kappa shape index (κ3) is 3.69. The molecular weight excluding hydrogens is 259 g/mol. The lowest BCUT2D eigenvalue weighted by atomic mass is 10.2. The van der Waals surface area contributed by atoms with Gasteiger partial charge in [0.1, 0.15) is 6.10 Å². The summed E-state index contributed by atoms with van der Waals surface area (Å²) in [6.45, 7) is -0.814. The molecule has 10 heteroatoms. The molecule has 0 spiro atoms. The molecule has 9 nitrogen and oxygen atoms in total. The van der Waals surface area contributed by atoms with E-state index in [1.165, 1.54) is 0 Å². The van der Waals surface area contributed by atoms with Crippen molar-refractivity contribution >= 4 is 13.8 Å². The minimum atomic E-state index is -5.02. The maximum atomic E-state index is 11.0. The van der Waals surface area contributed by atoms with Gasteiger partial charge < -0.3 is 24.6 Å². The third-order valence-corrected chi connectivity index (χ3v) is 2.09. The van der Waals surface area contributed by atoms with Crippen molar-refractivity contribution in [2.45, 2.75) is 19.6 Å². The van der Waals surface area contributed by atoms with Crippen LogP contribution in [0.5, 0.6) is 0 Å². The Morgan fingerprint density at radius 3 is 2.41 bits per heavy atom. The number of hydrogen-bond donors (Lipinski definition) is 5. The quantitative estimate of drug-likeness (QED) is 0.313. The van der Waals surface area contributed by atoms with Crippen molar-refractivity contribution in [1.29, 1.82) is 0 Å². The number of aliphatic hydroxyl groups excluding tert-OH is 3. The molecule has 0 bridgehead atoms. The SMILES string of the molecule is C.O=C1O[C@H]([C@@H](O)CO)C(O)=C1OP(=O)(O)O. The Kier molecular flexibility index (Phi) is 5.12. The van der Waals surface area contributed by atoms with Crippen molar-refractivity contribution < 1.29 is 43.7 Å². The fourth-order valence-corrected chi connectivity index (χ4v) is 1.42. The summed E-state index contributed by atoms with van der Waals surface area (Å²) >= 11 is 0. The first kappa shape index (κ1) is 15.9. The number of carbonyl (C=O) groups excluding carboxylic acids is 1. The first-order valence-electron chi connectivity index (χ1n) is 3.94. The number of rotatable bonds is 4. The average molecular weight is 272 g/mol. The van der Waals surface area contributed by atoms with Gasteiger partial charge in [-0.15, -0.1) is 0 Å². The fraction of sp³-hybridized carbons (Fsp3) is 0.571. The number of hydrogen-bond acceptors (Lipinski definition) is 7. The number of esters is 1. The lowest BCUT2D eigenvalue weighted by Crippen LogP contribution is -2.31. The zero-order valence-electron chi connectivity index (χ0n) is 7.68. The van der Waals surface area contributed by atoms with Crippen molar-refractivity contribution in [3.8, 4) is 0 Å². The van der Waals surface area contributed by atoms with E-state index in [9.17, 15) is 14.5 Å². The second-order valence-electron chi connectivity index (χ2n) is 2.87. The molecule has 1 aliphatic rings. The molecule has 0 saturated heterocycles. The first-order valence-corrected chi connectivity index (χ1v) is 5.47. The number of phosphoric acid groups is 1. The molecule has 1 heterocycles. The van der Waals surface area contributed by atoms with E-state index in [2.05, 4.69) is 9.26 Å². The van der Waals surface area contributed by atoms with Crippen molar-refractivity contribution in [2.75, 3.05) is 6.61 Å². The van der Waals surface area contributed by atoms with E-state index in [0.29, 0.717) is 0 Å². The Labute approximate surface area is 96.1 Å². The lowest BCUT2D eigenvalue weighted by molar-refractivity contribution is -0.147. The number of aliphatic hydroxyl groups is 3. The molecule has 0 saturated carbocycles. The normalized spacial score (nSPS) is 21.9. The minimum Gasteiger partial charge on any atom is -0.505 e. The molecule has 17 heavy (non-hydrogen) atoms. The van der Waals surface area contributed by atoms with Crippen LogP contribution in [0.2, 0.25) is 0 Å². The molecular formula is C7H13O9P. The summed E-state index contributed by atoms with van der Waals surface area (Å²) < 4.78 is 18.7. The van der Waals surface area contributed by atoms with E-state index < -0.39 is 44.1 Å². The summed E-state index contributed by atoms with van der Waals surface area (Å²) in [6, 6.07) is 0. The van der Waals surface area contributed by atoms with Crippen LogP contribution in [0.15, 0.2) is 11.5 Å². The van der Waals surface area contributed by atoms with Gasteiger partial charge in [0, 0.05) is 0 Å². The van der Waals surface area contributed by atoms with Crippen LogP contribution in [0.1, 0.15) is 7.43 Å². The smallest absolute Gasteiger partial charge is 0.505 e. The van der Waals surface area contributed by atoms with Crippen LogP contribution in [-0.4, -0.2) is 49.9 Å². The maximum absolute atomic E-state index is 11.0. The van der Waals surface area contributed by atoms with E-state index >= 15 is 0 Å². The molecule has 0 aromatic rings. The van der Waals surface area contributed by atoms with E-state index in [0.717, 1.165) is 0 Å². The van der Waals surface area contributed by atoms with Gasteiger partial charge >= 0.3 is 13.8 Å². The van der Waals surface area contributed by atoms with Crippen LogP contribution in [0.4, 0.5) is 0 Å². The van der Waals surface area contributed by atoms with Gasteiger partial charge in [-0.2, -0.15) is 0 Å². The monoisotopic (exact) mass is 272 g/mol. The van der Waals surface area contributed by atoms with Gasteiger partial charge in [0.25, 0.3) is 5.76 Å². The highest BCUT2D eigenvalue weighted by molar-refractivity contribution is 7.46. The molecule has 100 valence electrons. The minimum absolute atomic E-state index is 0. The molecule has 5 N–H and O–H groups in total. The van der Waals surface area contributed by atoms with E-state index in [1.54, 1.807) is 0 Å². The molecule has 0 aromatic carbocycles. The van der Waals surface area contributed by atoms with E-state index in [4.69, 9.17) is 20.0 Å². The second kappa shape index (κ2) is 5.48. The molecule has 1 aliphatic heterocycles. The molecule has 0 radical (unpaired) electrons. The Morgan fingerprint density at radius 1 is 1.47 bits per heavy atom. The zero-order chi connectivity index (χ0) is 12.5. The van der Waals surface area contributed by atoms with Crippen LogP contribution in [0.3, 0.4) is 0 Å². The Morgan fingerprint density at radius 2 is 2.00 bits per heavy atom. The topological polar surface area (TPSA) is 154 Å². The van der Waals surface area contributed by atoms with Crippen LogP contribution >= 0.6 is 7.82 Å². The summed E-state index contributed by atoms with van der Waals surface area (Å²) in [5.74, 6) is -3.39. The maximum Gasteiger partial charge on any atom is 0.525 e. The average Bonchev–Trinajstić information content (AvgIpc) is 2.42. The predicted molar refractivity (Wildman–Crippen MR) is 52.5 cm³/mol. The number of carbonyl (C=O) groups is 1. The summed E-state index contributed by atoms with van der Waals surface area (Å²) in [6.07, 6.45) is -3.21. The van der Waals surface area contributed by atoms with Crippen molar-refractivity contribution in [3.63, 3.8) is 0 Å². The highest BCUT2D eigenvalue weighted by atomic mass is 31.2. The molecule has 0 amide bonds. The van der Waals surface area contributed by atoms with Gasteiger partial charge in [-0.25, -0.2) is 9.36 Å². The van der Waals surface area contributed by atoms with Gasteiger partial charge in [-0.05, 0) is 0 Å². The number of ether oxygens (including phenoxy) is 1. The van der Waals surface area contributed by atoms with Crippen LogP contribution in [-0.2, 0) is 18.6 Å². The number of phosphoric ester groups is 1. The van der Waals surface area contributed by atoms with Gasteiger partial charge in [0.15, 0.2) is 11.9 Å². The predicted octanol–water partition coefficient (Wildman–Crippen LogP) is -1.22. The van der Waals surface area contributed by atoms with Crippen LogP contribution in [0.25, 0.3) is 0 Å². The fourth-order valence-electron chi connectivity index (χ4n) is 1.02. The summed E-state index contributed by atoms with van der Waals surface area (Å²) in [5.41, 5.74) is 0. The van der Waals surface area contributed by atoms with Crippen LogP contribution in [0, 0.1) is 0 Å². The summed E-state index contributed by atoms with van der Waals surface area (Å²) in [4.78, 5) is 27.8. The third-order valence-electron chi connectivity index (χ3n) is 1.67. The molecule has 1 rings (SSSR count). The molecule has 0 unspecified atom stereocenters. The second-order valence-corrected chi connectivity index (χ2v) is 4.04. The lowest BCUT2D eigenvalue weighted by Gasteiger charge is -2.13. The Balaban J connectivity index is 0.00000256. The molecule has 2 atom stereocenters. The zero-order valence-corrected chi connectivity index (χ0v) is 8.57. The standard InChI is InChI=1S/C6H9O9P.CH4/c7-1-2(8)4-3(9)5(6(10)14-4)15-16(11,12)13;/h2,4,7-9H,1H2,(H2,11,12,13);1H4/t2-,4+;/m0./s1. The van der Waals surface area contributed by atoms with Gasteiger partial charge in [-0.1, -0.05) is 7.43 Å². The van der Waals surface area contributed by atoms with Gasteiger partial charge in [0.2, 0.25) is 0 Å². The Hall–Kier alpha value is -1.12. The van der Waals surface area contributed by atoms with Crippen LogP contribution < -0.4 is 0 Å². The number of cyclic esters (lactones) is 1. The van der Waals surface area contributed by atoms with Crippen molar-refractivity contribution in [3.05, 3.63) is 11.5 Å². The first-order chi connectivity index (χ1) is 7.26. The molecule has 0 aliphatic carbocycles. The van der Waals surface area contributed by atoms with E-state index in [1.807, 2.05) is 0 Å².